The minimum absolute atomic E-state index is 0.0590. The second kappa shape index (κ2) is 8.39. The third-order valence-electron chi connectivity index (χ3n) is 6.32. The normalized spacial score (nSPS) is 14.5. The van der Waals surface area contributed by atoms with Crippen LogP contribution in [0.1, 0.15) is 29.0 Å². The third-order valence-corrected chi connectivity index (χ3v) is 6.32. The topological polar surface area (TPSA) is 86.3 Å². The lowest BCUT2D eigenvalue weighted by Crippen LogP contribution is -2.43. The van der Waals surface area contributed by atoms with E-state index in [1.54, 1.807) is 15.6 Å². The lowest BCUT2D eigenvalue weighted by atomic mass is 10.1. The van der Waals surface area contributed by atoms with E-state index in [1.165, 1.54) is 12.1 Å². The van der Waals surface area contributed by atoms with Gasteiger partial charge in [-0.1, -0.05) is 12.1 Å². The van der Waals surface area contributed by atoms with Crippen molar-refractivity contribution in [3.8, 4) is 17.1 Å². The van der Waals surface area contributed by atoms with Gasteiger partial charge in [0.25, 0.3) is 5.91 Å². The van der Waals surface area contributed by atoms with Gasteiger partial charge >= 0.3 is 0 Å². The summed E-state index contributed by atoms with van der Waals surface area (Å²) in [6.45, 7) is 10.1. The number of benzene rings is 2. The molecule has 2 aromatic carbocycles. The van der Waals surface area contributed by atoms with Crippen molar-refractivity contribution >= 4 is 22.5 Å². The van der Waals surface area contributed by atoms with Crippen LogP contribution in [0.15, 0.2) is 42.6 Å². The smallest absolute Gasteiger partial charge is 0.274 e. The first-order valence-electron chi connectivity index (χ1n) is 11.1. The van der Waals surface area contributed by atoms with E-state index in [0.29, 0.717) is 35.9 Å². The maximum atomic E-state index is 14.5. The summed E-state index contributed by atoms with van der Waals surface area (Å²) in [7, 11) is 1.86. The van der Waals surface area contributed by atoms with Gasteiger partial charge in [-0.05, 0) is 44.0 Å². The van der Waals surface area contributed by atoms with Crippen molar-refractivity contribution < 1.29 is 9.18 Å². The van der Waals surface area contributed by atoms with Crippen molar-refractivity contribution in [1.29, 1.82) is 0 Å². The Labute approximate surface area is 196 Å². The van der Waals surface area contributed by atoms with Crippen LogP contribution in [-0.2, 0) is 7.05 Å². The number of fused-ring (bicyclic) bond motifs is 1. The number of amides is 1. The second-order valence-electron chi connectivity index (χ2n) is 8.66. The van der Waals surface area contributed by atoms with Gasteiger partial charge in [-0.3, -0.25) is 14.0 Å². The third kappa shape index (κ3) is 3.72. The van der Waals surface area contributed by atoms with Crippen LogP contribution in [0.4, 0.5) is 10.1 Å². The molecule has 0 aliphatic carbocycles. The van der Waals surface area contributed by atoms with Crippen molar-refractivity contribution in [2.75, 3.05) is 13.1 Å². The molecule has 0 saturated carbocycles. The maximum Gasteiger partial charge on any atom is 0.274 e. The van der Waals surface area contributed by atoms with Crippen LogP contribution in [0.5, 0.6) is 0 Å². The van der Waals surface area contributed by atoms with E-state index in [0.717, 1.165) is 29.4 Å². The van der Waals surface area contributed by atoms with Gasteiger partial charge in [-0.2, -0.15) is 5.10 Å². The second-order valence-corrected chi connectivity index (χ2v) is 8.66. The number of imidazole rings is 1. The van der Waals surface area contributed by atoms with E-state index >= 15 is 0 Å². The van der Waals surface area contributed by atoms with Crippen LogP contribution < -0.4 is 5.73 Å². The summed E-state index contributed by atoms with van der Waals surface area (Å²) in [4.78, 5) is 23.1. The van der Waals surface area contributed by atoms with E-state index in [2.05, 4.69) is 9.94 Å². The molecule has 5 rings (SSSR count). The number of likely N-dealkylation sites (tertiary alicyclic amines) is 1. The van der Waals surface area contributed by atoms with Crippen LogP contribution >= 0.6 is 0 Å². The number of aryl methyl sites for hydroxylation is 1. The quantitative estimate of drug-likeness (QED) is 0.472. The zero-order valence-corrected chi connectivity index (χ0v) is 19.0. The number of hydrogen-bond donors (Lipinski definition) is 1. The molecule has 8 nitrogen and oxygen atoms in total. The minimum Gasteiger partial charge on any atom is -0.337 e. The number of rotatable bonds is 3. The molecule has 1 fully saturated rings. The molecule has 2 aromatic heterocycles. The molecule has 0 unspecified atom stereocenters. The van der Waals surface area contributed by atoms with Crippen molar-refractivity contribution in [3.05, 3.63) is 71.2 Å². The molecule has 34 heavy (non-hydrogen) atoms. The van der Waals surface area contributed by atoms with Gasteiger partial charge in [0.1, 0.15) is 17.3 Å². The number of carbonyl (C=O) groups is 1. The SMILES string of the molecule is [C-]#[N+]c1ccc(-c2nc(C(=O)N3CCC(N)CC3)c(C)n2-c2ccc3nn(C)cc3c2)cc1F. The molecule has 0 bridgehead atoms. The molecule has 0 radical (unpaired) electrons. The summed E-state index contributed by atoms with van der Waals surface area (Å²) < 4.78 is 18.1. The number of hydrogen-bond acceptors (Lipinski definition) is 4. The molecule has 172 valence electrons. The summed E-state index contributed by atoms with van der Waals surface area (Å²) in [5.74, 6) is -0.348. The van der Waals surface area contributed by atoms with E-state index in [1.807, 2.05) is 42.9 Å². The minimum atomic E-state index is -0.625. The number of halogens is 1. The van der Waals surface area contributed by atoms with Gasteiger partial charge < -0.3 is 10.6 Å². The molecule has 9 heteroatoms. The molecule has 2 N–H and O–H groups in total. The molecule has 1 aliphatic heterocycles. The standard InChI is InChI=1S/C25H24FN7O/c1-15-23(25(34)32-10-8-18(27)9-11-32)29-24(16-4-6-22(28-2)20(26)13-16)33(15)19-5-7-21-17(12-19)14-31(3)30-21/h4-7,12-14,18H,8-11,27H2,1,3H3. The zero-order valence-electron chi connectivity index (χ0n) is 19.0. The van der Waals surface area contributed by atoms with Gasteiger partial charge in [0.2, 0.25) is 5.69 Å². The van der Waals surface area contributed by atoms with Crippen molar-refractivity contribution in [2.45, 2.75) is 25.8 Å². The fourth-order valence-electron chi connectivity index (χ4n) is 4.48. The molecule has 3 heterocycles. The highest BCUT2D eigenvalue weighted by molar-refractivity contribution is 5.95. The summed E-state index contributed by atoms with van der Waals surface area (Å²) in [6, 6.07) is 10.3. The Bertz CT molecular complexity index is 1450. The number of aromatic nitrogens is 4. The van der Waals surface area contributed by atoms with Gasteiger partial charge in [-0.15, -0.1) is 0 Å². The van der Waals surface area contributed by atoms with Gasteiger partial charge in [-0.25, -0.2) is 14.2 Å². The molecule has 0 spiro atoms. The predicted octanol–water partition coefficient (Wildman–Crippen LogP) is 3.99. The number of nitrogens with zero attached hydrogens (tertiary/aromatic N) is 6. The highest BCUT2D eigenvalue weighted by Gasteiger charge is 2.28. The van der Waals surface area contributed by atoms with E-state index in [-0.39, 0.29) is 17.6 Å². The summed E-state index contributed by atoms with van der Waals surface area (Å²) in [6.07, 6.45) is 3.41. The monoisotopic (exact) mass is 457 g/mol. The lowest BCUT2D eigenvalue weighted by molar-refractivity contribution is 0.0708. The van der Waals surface area contributed by atoms with Crippen LogP contribution in [0.3, 0.4) is 0 Å². The van der Waals surface area contributed by atoms with E-state index < -0.39 is 5.82 Å². The predicted molar refractivity (Wildman–Crippen MR) is 127 cm³/mol. The molecule has 1 amide bonds. The van der Waals surface area contributed by atoms with Gasteiger partial charge in [0.05, 0.1) is 17.8 Å². The first-order valence-corrected chi connectivity index (χ1v) is 11.1. The molecular formula is C25H24FN7O. The summed E-state index contributed by atoms with van der Waals surface area (Å²) in [5.41, 5.74) is 9.05. The lowest BCUT2D eigenvalue weighted by Gasteiger charge is -2.29. The summed E-state index contributed by atoms with van der Waals surface area (Å²) >= 11 is 0. The Hall–Kier alpha value is -4.03. The highest BCUT2D eigenvalue weighted by Crippen LogP contribution is 2.31. The van der Waals surface area contributed by atoms with Crippen molar-refractivity contribution in [2.24, 2.45) is 12.8 Å². The number of nitrogens with two attached hydrogens (primary N) is 1. The molecule has 0 atom stereocenters. The Balaban J connectivity index is 1.67. The van der Waals surface area contributed by atoms with E-state index in [9.17, 15) is 9.18 Å². The van der Waals surface area contributed by atoms with Crippen molar-refractivity contribution in [3.63, 3.8) is 0 Å². The average molecular weight is 458 g/mol. The number of piperidine rings is 1. The first kappa shape index (κ1) is 21.8. The van der Waals surface area contributed by atoms with Crippen molar-refractivity contribution in [1.82, 2.24) is 24.2 Å². The zero-order chi connectivity index (χ0) is 24.0. The Morgan fingerprint density at radius 2 is 1.97 bits per heavy atom. The Morgan fingerprint density at radius 1 is 1.21 bits per heavy atom. The maximum absolute atomic E-state index is 14.5. The molecule has 4 aromatic rings. The Morgan fingerprint density at radius 3 is 2.68 bits per heavy atom. The Kier molecular flexibility index (Phi) is 5.38. The fraction of sp³-hybridized carbons (Fsp3) is 0.280. The van der Waals surface area contributed by atoms with Crippen LogP contribution in [0, 0.1) is 19.3 Å². The van der Waals surface area contributed by atoms with Crippen LogP contribution in [0.2, 0.25) is 0 Å². The molecular weight excluding hydrogens is 433 g/mol. The number of carbonyl (C=O) groups excluding carboxylic acids is 1. The van der Waals surface area contributed by atoms with E-state index in [4.69, 9.17) is 17.3 Å². The average Bonchev–Trinajstić information content (AvgIpc) is 3.37. The van der Waals surface area contributed by atoms with Crippen LogP contribution in [-0.4, -0.2) is 49.3 Å². The molecule has 1 saturated heterocycles. The highest BCUT2D eigenvalue weighted by atomic mass is 19.1. The van der Waals surface area contributed by atoms with Crippen LogP contribution in [0.25, 0.3) is 32.8 Å². The summed E-state index contributed by atoms with van der Waals surface area (Å²) in [5, 5.41) is 5.36. The first-order chi connectivity index (χ1) is 16.4. The fourth-order valence-corrected chi connectivity index (χ4v) is 4.48. The molecule has 1 aliphatic rings. The van der Waals surface area contributed by atoms with Gasteiger partial charge in [0.15, 0.2) is 0 Å². The largest absolute Gasteiger partial charge is 0.337 e. The van der Waals surface area contributed by atoms with Gasteiger partial charge in [0, 0.05) is 49.0 Å².